The van der Waals surface area contributed by atoms with E-state index in [0.717, 1.165) is 11.6 Å². The molecule has 0 aliphatic carbocycles. The molecule has 9 heteroatoms. The summed E-state index contributed by atoms with van der Waals surface area (Å²) in [5.41, 5.74) is 1.27. The number of benzene rings is 2. The van der Waals surface area contributed by atoms with Crippen LogP contribution in [0.15, 0.2) is 53.1 Å². The van der Waals surface area contributed by atoms with Gasteiger partial charge in [-0.15, -0.1) is 0 Å². The van der Waals surface area contributed by atoms with E-state index in [1.54, 1.807) is 42.2 Å². The average Bonchev–Trinajstić information content (AvgIpc) is 3.20. The minimum atomic E-state index is -4.35. The predicted octanol–water partition coefficient (Wildman–Crippen LogP) is 4.02. The molecule has 0 saturated carbocycles. The zero-order valence-electron chi connectivity index (χ0n) is 16.9. The van der Waals surface area contributed by atoms with Crippen molar-refractivity contribution >= 4 is 5.91 Å². The van der Waals surface area contributed by atoms with E-state index < -0.39 is 11.7 Å². The van der Waals surface area contributed by atoms with Crippen molar-refractivity contribution in [3.63, 3.8) is 0 Å². The minimum Gasteiger partial charge on any atom is -0.336 e. The molecule has 2 heterocycles. The van der Waals surface area contributed by atoms with Crippen LogP contribution in [0.5, 0.6) is 0 Å². The Labute approximate surface area is 177 Å². The number of hydrogen-bond acceptors (Lipinski definition) is 5. The number of rotatable bonds is 4. The van der Waals surface area contributed by atoms with Crippen molar-refractivity contribution in [3.05, 3.63) is 71.0 Å². The van der Waals surface area contributed by atoms with E-state index in [1.807, 2.05) is 0 Å². The van der Waals surface area contributed by atoms with Gasteiger partial charge in [0.05, 0.1) is 5.56 Å². The summed E-state index contributed by atoms with van der Waals surface area (Å²) in [5, 5.41) is 3.76. The van der Waals surface area contributed by atoms with Gasteiger partial charge in [0.15, 0.2) is 5.82 Å². The summed E-state index contributed by atoms with van der Waals surface area (Å²) >= 11 is 0. The normalized spacial score (nSPS) is 15.3. The van der Waals surface area contributed by atoms with Crippen LogP contribution in [0.4, 0.5) is 13.2 Å². The Balaban J connectivity index is 1.34. The number of alkyl halides is 3. The first-order chi connectivity index (χ1) is 14.8. The molecule has 0 spiro atoms. The van der Waals surface area contributed by atoms with Gasteiger partial charge in [0.1, 0.15) is 0 Å². The summed E-state index contributed by atoms with van der Waals surface area (Å²) in [5.74, 6) is 0.866. The molecule has 0 atom stereocenters. The predicted molar refractivity (Wildman–Crippen MR) is 107 cm³/mol. The van der Waals surface area contributed by atoms with Crippen LogP contribution in [0, 0.1) is 6.92 Å². The number of piperazine rings is 1. The fourth-order valence-corrected chi connectivity index (χ4v) is 3.57. The van der Waals surface area contributed by atoms with Crippen LogP contribution in [0.1, 0.15) is 27.3 Å². The topological polar surface area (TPSA) is 62.5 Å². The highest BCUT2D eigenvalue weighted by atomic mass is 19.4. The standard InChI is InChI=1S/C22H21F3N4O2/c1-15-26-20(31-27-15)17-5-7-18(8-6-17)21(30)29-11-9-28(10-12-29)14-16-3-2-4-19(13-16)22(23,24)25/h2-8,13H,9-12,14H2,1H3. The molecule has 1 amide bonds. The molecule has 2 aromatic carbocycles. The number of halogens is 3. The van der Waals surface area contributed by atoms with Gasteiger partial charge >= 0.3 is 6.18 Å². The summed E-state index contributed by atoms with van der Waals surface area (Å²) in [7, 11) is 0. The maximum atomic E-state index is 12.9. The van der Waals surface area contributed by atoms with Crippen LogP contribution in [0.25, 0.3) is 11.5 Å². The Morgan fingerprint density at radius 3 is 2.39 bits per heavy atom. The molecule has 1 fully saturated rings. The largest absolute Gasteiger partial charge is 0.416 e. The molecule has 1 aromatic heterocycles. The molecule has 0 radical (unpaired) electrons. The van der Waals surface area contributed by atoms with Gasteiger partial charge in [-0.25, -0.2) is 0 Å². The number of nitrogens with zero attached hydrogens (tertiary/aromatic N) is 4. The summed E-state index contributed by atoms with van der Waals surface area (Å²) in [6.45, 7) is 4.38. The number of hydrogen-bond donors (Lipinski definition) is 0. The molecule has 0 N–H and O–H groups in total. The van der Waals surface area contributed by atoms with E-state index in [9.17, 15) is 18.0 Å². The first-order valence-corrected chi connectivity index (χ1v) is 9.88. The zero-order chi connectivity index (χ0) is 22.0. The fourth-order valence-electron chi connectivity index (χ4n) is 3.57. The van der Waals surface area contributed by atoms with Gasteiger partial charge in [0.25, 0.3) is 11.8 Å². The summed E-state index contributed by atoms with van der Waals surface area (Å²) in [4.78, 5) is 20.8. The lowest BCUT2D eigenvalue weighted by atomic mass is 10.1. The molecular formula is C22H21F3N4O2. The number of aromatic nitrogens is 2. The highest BCUT2D eigenvalue weighted by Crippen LogP contribution is 2.30. The fraction of sp³-hybridized carbons (Fsp3) is 0.318. The number of carbonyl (C=O) groups is 1. The van der Waals surface area contributed by atoms with Crippen molar-refractivity contribution < 1.29 is 22.5 Å². The molecule has 4 rings (SSSR count). The lowest BCUT2D eigenvalue weighted by Gasteiger charge is -2.35. The Morgan fingerprint density at radius 2 is 1.77 bits per heavy atom. The summed E-state index contributed by atoms with van der Waals surface area (Å²) in [6.07, 6.45) is -4.35. The summed E-state index contributed by atoms with van der Waals surface area (Å²) < 4.78 is 43.8. The second kappa shape index (κ2) is 8.50. The molecule has 6 nitrogen and oxygen atoms in total. The molecule has 31 heavy (non-hydrogen) atoms. The van der Waals surface area contributed by atoms with Gasteiger partial charge in [0, 0.05) is 43.9 Å². The van der Waals surface area contributed by atoms with Crippen LogP contribution < -0.4 is 0 Å². The Hall–Kier alpha value is -3.20. The van der Waals surface area contributed by atoms with E-state index in [4.69, 9.17) is 4.52 Å². The molecule has 1 aliphatic rings. The lowest BCUT2D eigenvalue weighted by molar-refractivity contribution is -0.137. The van der Waals surface area contributed by atoms with Crippen molar-refractivity contribution in [2.45, 2.75) is 19.6 Å². The maximum absolute atomic E-state index is 12.9. The van der Waals surface area contributed by atoms with Crippen LogP contribution in [0.3, 0.4) is 0 Å². The lowest BCUT2D eigenvalue weighted by Crippen LogP contribution is -2.48. The SMILES string of the molecule is Cc1noc(-c2ccc(C(=O)N3CCN(Cc4cccc(C(F)(F)F)c4)CC3)cc2)n1. The second-order valence-corrected chi connectivity index (χ2v) is 7.49. The summed E-state index contributed by atoms with van der Waals surface area (Å²) in [6, 6.07) is 12.4. The smallest absolute Gasteiger partial charge is 0.336 e. The van der Waals surface area contributed by atoms with Crippen LogP contribution in [-0.4, -0.2) is 52.0 Å². The van der Waals surface area contributed by atoms with Crippen molar-refractivity contribution in [1.29, 1.82) is 0 Å². The molecule has 0 unspecified atom stereocenters. The van der Waals surface area contributed by atoms with Crippen molar-refractivity contribution in [3.8, 4) is 11.5 Å². The first-order valence-electron chi connectivity index (χ1n) is 9.88. The van der Waals surface area contributed by atoms with E-state index >= 15 is 0 Å². The van der Waals surface area contributed by atoms with Crippen LogP contribution in [-0.2, 0) is 12.7 Å². The number of amides is 1. The number of carbonyl (C=O) groups excluding carboxylic acids is 1. The highest BCUT2D eigenvalue weighted by molar-refractivity contribution is 5.94. The molecule has 162 valence electrons. The van der Waals surface area contributed by atoms with Gasteiger partial charge in [-0.3, -0.25) is 9.69 Å². The molecule has 1 saturated heterocycles. The Bertz CT molecular complexity index is 1060. The second-order valence-electron chi connectivity index (χ2n) is 7.49. The molecule has 3 aromatic rings. The molecular weight excluding hydrogens is 409 g/mol. The van der Waals surface area contributed by atoms with Gasteiger partial charge in [-0.1, -0.05) is 23.4 Å². The highest BCUT2D eigenvalue weighted by Gasteiger charge is 2.30. The minimum absolute atomic E-state index is 0.0769. The van der Waals surface area contributed by atoms with Gasteiger partial charge in [0.2, 0.25) is 0 Å². The van der Waals surface area contributed by atoms with E-state index in [1.165, 1.54) is 12.1 Å². The van der Waals surface area contributed by atoms with E-state index in [0.29, 0.717) is 55.6 Å². The quantitative estimate of drug-likeness (QED) is 0.626. The number of aryl methyl sites for hydroxylation is 1. The third kappa shape index (κ3) is 4.93. The first kappa shape index (κ1) is 21.0. The van der Waals surface area contributed by atoms with E-state index in [-0.39, 0.29) is 5.91 Å². The molecule has 0 bridgehead atoms. The van der Waals surface area contributed by atoms with Crippen LogP contribution >= 0.6 is 0 Å². The maximum Gasteiger partial charge on any atom is 0.416 e. The van der Waals surface area contributed by atoms with Crippen molar-refractivity contribution in [2.24, 2.45) is 0 Å². The Kier molecular flexibility index (Phi) is 5.77. The van der Waals surface area contributed by atoms with Gasteiger partial charge in [-0.05, 0) is 42.8 Å². The third-order valence-corrected chi connectivity index (χ3v) is 5.23. The molecule has 1 aliphatic heterocycles. The van der Waals surface area contributed by atoms with Crippen LogP contribution in [0.2, 0.25) is 0 Å². The van der Waals surface area contributed by atoms with E-state index in [2.05, 4.69) is 15.0 Å². The van der Waals surface area contributed by atoms with Gasteiger partial charge < -0.3 is 9.42 Å². The third-order valence-electron chi connectivity index (χ3n) is 5.23. The Morgan fingerprint density at radius 1 is 1.06 bits per heavy atom. The van der Waals surface area contributed by atoms with Crippen molar-refractivity contribution in [2.75, 3.05) is 26.2 Å². The average molecular weight is 430 g/mol. The van der Waals surface area contributed by atoms with Crippen molar-refractivity contribution in [1.82, 2.24) is 19.9 Å². The monoisotopic (exact) mass is 430 g/mol. The zero-order valence-corrected chi connectivity index (χ0v) is 16.9. The van der Waals surface area contributed by atoms with Gasteiger partial charge in [-0.2, -0.15) is 18.2 Å².